The lowest BCUT2D eigenvalue weighted by Crippen LogP contribution is -2.37. The molecule has 0 bridgehead atoms. The number of hydrogen-bond donors (Lipinski definition) is 2. The van der Waals surface area contributed by atoms with E-state index in [1.807, 2.05) is 44.4 Å². The van der Waals surface area contributed by atoms with Gasteiger partial charge in [0.15, 0.2) is 5.96 Å². The van der Waals surface area contributed by atoms with Crippen LogP contribution in [0.25, 0.3) is 0 Å². The van der Waals surface area contributed by atoms with Crippen molar-refractivity contribution in [2.45, 2.75) is 33.5 Å². The summed E-state index contributed by atoms with van der Waals surface area (Å²) in [6.45, 7) is 5.68. The predicted molar refractivity (Wildman–Crippen MR) is 101 cm³/mol. The van der Waals surface area contributed by atoms with Gasteiger partial charge < -0.3 is 19.6 Å². The van der Waals surface area contributed by atoms with E-state index >= 15 is 0 Å². The van der Waals surface area contributed by atoms with Gasteiger partial charge >= 0.3 is 0 Å². The van der Waals surface area contributed by atoms with Crippen LogP contribution in [0.3, 0.4) is 0 Å². The maximum Gasteiger partial charge on any atom is 0.214 e. The van der Waals surface area contributed by atoms with Crippen LogP contribution in [0.5, 0.6) is 0 Å². The van der Waals surface area contributed by atoms with Crippen molar-refractivity contribution in [3.63, 3.8) is 0 Å². The second-order valence-electron chi connectivity index (χ2n) is 5.99. The van der Waals surface area contributed by atoms with E-state index in [-0.39, 0.29) is 0 Å². The highest BCUT2D eigenvalue weighted by Crippen LogP contribution is 2.08. The molecule has 0 atom stereocenters. The fourth-order valence-electron chi connectivity index (χ4n) is 2.59. The van der Waals surface area contributed by atoms with Gasteiger partial charge in [0.2, 0.25) is 5.89 Å². The van der Waals surface area contributed by atoms with Gasteiger partial charge in [-0.3, -0.25) is 4.99 Å². The molecule has 0 radical (unpaired) electrons. The Kier molecular flexibility index (Phi) is 5.68. The molecule has 0 aliphatic heterocycles. The lowest BCUT2D eigenvalue weighted by atomic mass is 10.2. The van der Waals surface area contributed by atoms with E-state index in [1.165, 1.54) is 5.56 Å². The molecule has 0 unspecified atom stereocenters. The van der Waals surface area contributed by atoms with E-state index in [9.17, 15) is 0 Å². The Balaban J connectivity index is 1.55. The first-order chi connectivity index (χ1) is 12.7. The molecule has 0 saturated heterocycles. The van der Waals surface area contributed by atoms with Gasteiger partial charge in [0, 0.05) is 26.0 Å². The fourth-order valence-corrected chi connectivity index (χ4v) is 2.59. The minimum Gasteiger partial charge on any atom is -0.444 e. The van der Waals surface area contributed by atoms with E-state index in [0.29, 0.717) is 24.9 Å². The lowest BCUT2D eigenvalue weighted by molar-refractivity contribution is 0.463. The van der Waals surface area contributed by atoms with Crippen molar-refractivity contribution in [1.82, 2.24) is 25.2 Å². The quantitative estimate of drug-likeness (QED) is 0.526. The van der Waals surface area contributed by atoms with Crippen LogP contribution in [-0.4, -0.2) is 27.5 Å². The first-order valence-corrected chi connectivity index (χ1v) is 8.57. The van der Waals surface area contributed by atoms with E-state index in [1.54, 1.807) is 7.05 Å². The topological polar surface area (TPSA) is 80.3 Å². The number of imidazole rings is 1. The molecule has 2 aromatic heterocycles. The summed E-state index contributed by atoms with van der Waals surface area (Å²) >= 11 is 0. The van der Waals surface area contributed by atoms with Crippen molar-refractivity contribution in [1.29, 1.82) is 0 Å². The highest BCUT2D eigenvalue weighted by molar-refractivity contribution is 5.79. The van der Waals surface area contributed by atoms with Crippen molar-refractivity contribution in [2.75, 3.05) is 7.05 Å². The molecule has 26 heavy (non-hydrogen) atoms. The van der Waals surface area contributed by atoms with Crippen molar-refractivity contribution in [3.05, 3.63) is 71.5 Å². The first kappa shape index (κ1) is 17.7. The summed E-state index contributed by atoms with van der Waals surface area (Å²) in [4.78, 5) is 13.0. The largest absolute Gasteiger partial charge is 0.444 e. The van der Waals surface area contributed by atoms with Crippen LogP contribution in [0.4, 0.5) is 0 Å². The number of aromatic nitrogens is 3. The minimum absolute atomic E-state index is 0.479. The average Bonchev–Trinajstić information content (AvgIpc) is 3.22. The van der Waals surface area contributed by atoms with Gasteiger partial charge in [0.05, 0.1) is 18.8 Å². The molecule has 0 amide bonds. The van der Waals surface area contributed by atoms with Crippen LogP contribution in [0.1, 0.15) is 28.7 Å². The zero-order valence-electron chi connectivity index (χ0n) is 15.4. The second-order valence-corrected chi connectivity index (χ2v) is 5.99. The second kappa shape index (κ2) is 8.33. The van der Waals surface area contributed by atoms with Gasteiger partial charge in [-0.1, -0.05) is 30.3 Å². The summed E-state index contributed by atoms with van der Waals surface area (Å²) in [5.41, 5.74) is 2.15. The number of oxazole rings is 1. The molecule has 7 heteroatoms. The Morgan fingerprint density at radius 1 is 1.15 bits per heavy atom. The predicted octanol–water partition coefficient (Wildman–Crippen LogP) is 2.40. The van der Waals surface area contributed by atoms with Crippen LogP contribution >= 0.6 is 0 Å². The molecule has 0 aliphatic rings. The molecule has 3 aromatic rings. The van der Waals surface area contributed by atoms with Crippen LogP contribution in [0, 0.1) is 13.8 Å². The standard InChI is InChI=1S/C19H24N6O/c1-14-15(2)26-18(24-14)12-23-19(20-3)22-11-17-21-9-10-25(17)13-16-7-5-4-6-8-16/h4-10H,11-13H2,1-3H3,(H2,20,22,23). The van der Waals surface area contributed by atoms with Crippen molar-refractivity contribution >= 4 is 5.96 Å². The molecule has 3 rings (SSSR count). The van der Waals surface area contributed by atoms with Crippen LogP contribution in [-0.2, 0) is 19.6 Å². The molecule has 0 saturated carbocycles. The van der Waals surface area contributed by atoms with E-state index in [2.05, 4.69) is 42.3 Å². The van der Waals surface area contributed by atoms with Gasteiger partial charge in [-0.2, -0.15) is 0 Å². The minimum atomic E-state index is 0.479. The molecule has 0 aliphatic carbocycles. The van der Waals surface area contributed by atoms with Gasteiger partial charge in [-0.05, 0) is 19.4 Å². The fraction of sp³-hybridized carbons (Fsp3) is 0.316. The van der Waals surface area contributed by atoms with Crippen molar-refractivity contribution < 1.29 is 4.42 Å². The monoisotopic (exact) mass is 352 g/mol. The zero-order valence-corrected chi connectivity index (χ0v) is 15.4. The number of nitrogens with zero attached hydrogens (tertiary/aromatic N) is 4. The summed E-state index contributed by atoms with van der Waals surface area (Å²) in [5.74, 6) is 3.11. The first-order valence-electron chi connectivity index (χ1n) is 8.57. The molecule has 7 nitrogen and oxygen atoms in total. The maximum atomic E-state index is 5.57. The molecule has 136 valence electrons. The molecule has 1 aromatic carbocycles. The average molecular weight is 352 g/mol. The number of nitrogens with one attached hydrogen (secondary N) is 2. The number of benzene rings is 1. The Morgan fingerprint density at radius 2 is 1.92 bits per heavy atom. The lowest BCUT2D eigenvalue weighted by Gasteiger charge is -2.12. The maximum absolute atomic E-state index is 5.57. The molecule has 2 heterocycles. The van der Waals surface area contributed by atoms with Gasteiger partial charge in [-0.15, -0.1) is 0 Å². The highest BCUT2D eigenvalue weighted by atomic mass is 16.4. The van der Waals surface area contributed by atoms with Crippen LogP contribution in [0.15, 0.2) is 52.1 Å². The van der Waals surface area contributed by atoms with Gasteiger partial charge in [0.1, 0.15) is 11.6 Å². The van der Waals surface area contributed by atoms with Gasteiger partial charge in [-0.25, -0.2) is 9.97 Å². The number of guanidine groups is 1. The zero-order chi connectivity index (χ0) is 18.4. The van der Waals surface area contributed by atoms with E-state index in [0.717, 1.165) is 23.8 Å². The number of aryl methyl sites for hydroxylation is 2. The normalized spacial score (nSPS) is 11.6. The SMILES string of the molecule is CN=C(NCc1nc(C)c(C)o1)NCc1nccn1Cc1ccccc1. The molecule has 2 N–H and O–H groups in total. The van der Waals surface area contributed by atoms with Crippen molar-refractivity contribution in [2.24, 2.45) is 4.99 Å². The summed E-state index contributed by atoms with van der Waals surface area (Å²) < 4.78 is 7.69. The Bertz CT molecular complexity index is 846. The van der Waals surface area contributed by atoms with Gasteiger partial charge in [0.25, 0.3) is 0 Å². The third-order valence-corrected chi connectivity index (χ3v) is 4.11. The molecular formula is C19H24N6O. The van der Waals surface area contributed by atoms with E-state index in [4.69, 9.17) is 4.42 Å². The summed E-state index contributed by atoms with van der Waals surface area (Å²) in [7, 11) is 1.73. The Hall–Kier alpha value is -3.09. The summed E-state index contributed by atoms with van der Waals surface area (Å²) in [6.07, 6.45) is 3.80. The summed E-state index contributed by atoms with van der Waals surface area (Å²) in [5, 5.41) is 6.48. The van der Waals surface area contributed by atoms with Crippen LogP contribution in [0.2, 0.25) is 0 Å². The number of hydrogen-bond acceptors (Lipinski definition) is 4. The third-order valence-electron chi connectivity index (χ3n) is 4.11. The Labute approximate surface area is 153 Å². The molecular weight excluding hydrogens is 328 g/mol. The highest BCUT2D eigenvalue weighted by Gasteiger charge is 2.08. The Morgan fingerprint density at radius 3 is 2.62 bits per heavy atom. The van der Waals surface area contributed by atoms with Crippen LogP contribution < -0.4 is 10.6 Å². The van der Waals surface area contributed by atoms with Crippen molar-refractivity contribution in [3.8, 4) is 0 Å². The molecule has 0 fully saturated rings. The smallest absolute Gasteiger partial charge is 0.214 e. The third kappa shape index (κ3) is 4.50. The number of rotatable bonds is 6. The molecule has 0 spiro atoms. The van der Waals surface area contributed by atoms with E-state index < -0.39 is 0 Å². The number of aliphatic imine (C=N–C) groups is 1. The summed E-state index contributed by atoms with van der Waals surface area (Å²) in [6, 6.07) is 10.3.